The standard InChI is InChI=1S/C20H33N3O2.ClH/c1-14(2)18(21)11-12-22(5)20(25)17-9-7-16(8-10-17)13-23(6)19(24)15(3)4;/h7-10,14-15,18H,11-13,21H2,1-6H3;1H. The van der Waals surface area contributed by atoms with Crippen molar-refractivity contribution >= 4 is 24.2 Å². The van der Waals surface area contributed by atoms with Crippen LogP contribution >= 0.6 is 12.4 Å². The van der Waals surface area contributed by atoms with Crippen molar-refractivity contribution < 1.29 is 9.59 Å². The van der Waals surface area contributed by atoms with Crippen molar-refractivity contribution in [2.45, 2.75) is 46.7 Å². The summed E-state index contributed by atoms with van der Waals surface area (Å²) in [5, 5.41) is 0. The maximum absolute atomic E-state index is 12.5. The number of carbonyl (C=O) groups excluding carboxylic acids is 2. The fraction of sp³-hybridized carbons (Fsp3) is 0.600. The van der Waals surface area contributed by atoms with E-state index in [2.05, 4.69) is 13.8 Å². The van der Waals surface area contributed by atoms with Crippen LogP contribution in [0.4, 0.5) is 0 Å². The quantitative estimate of drug-likeness (QED) is 0.749. The minimum Gasteiger partial charge on any atom is -0.342 e. The van der Waals surface area contributed by atoms with Gasteiger partial charge in [0.05, 0.1) is 0 Å². The van der Waals surface area contributed by atoms with Crippen LogP contribution in [0.5, 0.6) is 0 Å². The van der Waals surface area contributed by atoms with Crippen molar-refractivity contribution in [1.29, 1.82) is 0 Å². The van der Waals surface area contributed by atoms with Crippen molar-refractivity contribution in [2.75, 3.05) is 20.6 Å². The minimum atomic E-state index is -0.0169. The van der Waals surface area contributed by atoms with Gasteiger partial charge in [0.15, 0.2) is 0 Å². The number of benzene rings is 1. The summed E-state index contributed by atoms with van der Waals surface area (Å²) in [5.41, 5.74) is 7.71. The lowest BCUT2D eigenvalue weighted by Crippen LogP contribution is -2.34. The van der Waals surface area contributed by atoms with Crippen LogP contribution < -0.4 is 5.73 Å². The Morgan fingerprint density at radius 2 is 1.54 bits per heavy atom. The molecule has 2 amide bonds. The Hall–Kier alpha value is -1.59. The summed E-state index contributed by atoms with van der Waals surface area (Å²) < 4.78 is 0. The number of nitrogens with two attached hydrogens (primary N) is 1. The van der Waals surface area contributed by atoms with Crippen LogP contribution in [0, 0.1) is 11.8 Å². The normalized spacial score (nSPS) is 11.9. The Kier molecular flexibility index (Phi) is 10.5. The van der Waals surface area contributed by atoms with E-state index in [1.807, 2.05) is 38.1 Å². The van der Waals surface area contributed by atoms with E-state index in [-0.39, 0.29) is 36.2 Å². The molecule has 0 bridgehead atoms. The van der Waals surface area contributed by atoms with E-state index in [1.165, 1.54) is 0 Å². The Morgan fingerprint density at radius 3 is 2.00 bits per heavy atom. The molecule has 5 nitrogen and oxygen atoms in total. The highest BCUT2D eigenvalue weighted by Crippen LogP contribution is 2.11. The summed E-state index contributed by atoms with van der Waals surface area (Å²) in [5.74, 6) is 0.500. The van der Waals surface area contributed by atoms with Crippen LogP contribution in [-0.2, 0) is 11.3 Å². The van der Waals surface area contributed by atoms with E-state index in [0.29, 0.717) is 24.6 Å². The SMILES string of the molecule is CC(C)C(=O)N(C)Cc1ccc(C(=O)N(C)CCC(N)C(C)C)cc1.Cl. The molecular formula is C20H34ClN3O2. The van der Waals surface area contributed by atoms with E-state index in [9.17, 15) is 9.59 Å². The molecule has 0 aliphatic rings. The minimum absolute atomic E-state index is 0. The smallest absolute Gasteiger partial charge is 0.253 e. The van der Waals surface area contributed by atoms with Gasteiger partial charge in [-0.05, 0) is 30.0 Å². The van der Waals surface area contributed by atoms with Gasteiger partial charge in [-0.25, -0.2) is 0 Å². The van der Waals surface area contributed by atoms with Crippen molar-refractivity contribution in [1.82, 2.24) is 9.80 Å². The highest BCUT2D eigenvalue weighted by atomic mass is 35.5. The number of hydrogen-bond donors (Lipinski definition) is 1. The molecule has 0 radical (unpaired) electrons. The Morgan fingerprint density at radius 1 is 1.00 bits per heavy atom. The zero-order valence-electron chi connectivity index (χ0n) is 16.9. The molecule has 0 fully saturated rings. The van der Waals surface area contributed by atoms with E-state index in [1.54, 1.807) is 23.9 Å². The third-order valence-corrected chi connectivity index (χ3v) is 4.49. The molecule has 1 aromatic carbocycles. The zero-order chi connectivity index (χ0) is 19.1. The first-order valence-corrected chi connectivity index (χ1v) is 8.98. The first kappa shape index (κ1) is 24.4. The molecular weight excluding hydrogens is 350 g/mol. The van der Waals surface area contributed by atoms with Crippen molar-refractivity contribution in [2.24, 2.45) is 17.6 Å². The summed E-state index contributed by atoms with van der Waals surface area (Å²) in [6.07, 6.45) is 0.792. The molecule has 26 heavy (non-hydrogen) atoms. The van der Waals surface area contributed by atoms with Gasteiger partial charge in [-0.1, -0.05) is 39.8 Å². The van der Waals surface area contributed by atoms with Gasteiger partial charge >= 0.3 is 0 Å². The molecule has 0 heterocycles. The van der Waals surface area contributed by atoms with Crippen molar-refractivity contribution in [3.63, 3.8) is 0 Å². The molecule has 0 aliphatic carbocycles. The van der Waals surface area contributed by atoms with Crippen LogP contribution in [-0.4, -0.2) is 48.3 Å². The monoisotopic (exact) mass is 383 g/mol. The third kappa shape index (κ3) is 7.34. The summed E-state index contributed by atoms with van der Waals surface area (Å²) in [6.45, 7) is 9.15. The first-order valence-electron chi connectivity index (χ1n) is 8.98. The number of nitrogens with zero attached hydrogens (tertiary/aromatic N) is 2. The van der Waals surface area contributed by atoms with Crippen molar-refractivity contribution in [3.05, 3.63) is 35.4 Å². The second kappa shape index (κ2) is 11.2. The van der Waals surface area contributed by atoms with Gasteiger partial charge in [-0.15, -0.1) is 12.4 Å². The average molecular weight is 384 g/mol. The molecule has 1 unspecified atom stereocenters. The summed E-state index contributed by atoms with van der Waals surface area (Å²) in [7, 11) is 3.60. The maximum Gasteiger partial charge on any atom is 0.253 e. The molecule has 0 aromatic heterocycles. The highest BCUT2D eigenvalue weighted by molar-refractivity contribution is 5.94. The van der Waals surface area contributed by atoms with Gasteiger partial charge in [-0.2, -0.15) is 0 Å². The largest absolute Gasteiger partial charge is 0.342 e. The lowest BCUT2D eigenvalue weighted by atomic mass is 10.0. The molecule has 1 rings (SSSR count). The van der Waals surface area contributed by atoms with E-state index >= 15 is 0 Å². The number of carbonyl (C=O) groups is 2. The molecule has 6 heteroatoms. The predicted octanol–water partition coefficient (Wildman–Crippen LogP) is 3.17. The van der Waals surface area contributed by atoms with Crippen molar-refractivity contribution in [3.8, 4) is 0 Å². The highest BCUT2D eigenvalue weighted by Gasteiger charge is 2.16. The molecule has 1 atom stereocenters. The van der Waals surface area contributed by atoms with Crippen LogP contribution in [0.25, 0.3) is 0 Å². The lowest BCUT2D eigenvalue weighted by Gasteiger charge is -2.22. The first-order chi connectivity index (χ1) is 11.6. The summed E-state index contributed by atoms with van der Waals surface area (Å²) in [4.78, 5) is 27.8. The fourth-order valence-corrected chi connectivity index (χ4v) is 2.54. The van der Waals surface area contributed by atoms with E-state index in [0.717, 1.165) is 12.0 Å². The number of rotatable bonds is 8. The second-order valence-electron chi connectivity index (χ2n) is 7.47. The molecule has 0 saturated heterocycles. The van der Waals surface area contributed by atoms with Gasteiger partial charge in [0.1, 0.15) is 0 Å². The molecule has 0 saturated carbocycles. The number of amides is 2. The lowest BCUT2D eigenvalue weighted by molar-refractivity contribution is -0.133. The summed E-state index contributed by atoms with van der Waals surface area (Å²) >= 11 is 0. The zero-order valence-corrected chi connectivity index (χ0v) is 17.7. The molecule has 1 aromatic rings. The second-order valence-corrected chi connectivity index (χ2v) is 7.47. The topological polar surface area (TPSA) is 66.6 Å². The van der Waals surface area contributed by atoms with E-state index in [4.69, 9.17) is 5.73 Å². The van der Waals surface area contributed by atoms with Crippen LogP contribution in [0.3, 0.4) is 0 Å². The average Bonchev–Trinajstić information content (AvgIpc) is 2.58. The fourth-order valence-electron chi connectivity index (χ4n) is 2.54. The summed E-state index contributed by atoms with van der Waals surface area (Å²) in [6, 6.07) is 7.57. The van der Waals surface area contributed by atoms with Gasteiger partial charge in [0.25, 0.3) is 5.91 Å². The molecule has 0 spiro atoms. The van der Waals surface area contributed by atoms with Crippen LogP contribution in [0.15, 0.2) is 24.3 Å². The third-order valence-electron chi connectivity index (χ3n) is 4.49. The maximum atomic E-state index is 12.5. The van der Waals surface area contributed by atoms with Gasteiger partial charge in [-0.3, -0.25) is 9.59 Å². The van der Waals surface area contributed by atoms with Gasteiger partial charge in [0.2, 0.25) is 5.91 Å². The van der Waals surface area contributed by atoms with Gasteiger partial charge in [0, 0.05) is 44.7 Å². The molecule has 148 valence electrons. The Labute approximate surface area is 164 Å². The van der Waals surface area contributed by atoms with Crippen LogP contribution in [0.1, 0.15) is 50.0 Å². The number of halogens is 1. The molecule has 0 aliphatic heterocycles. The predicted molar refractivity (Wildman–Crippen MR) is 109 cm³/mol. The van der Waals surface area contributed by atoms with Crippen LogP contribution in [0.2, 0.25) is 0 Å². The molecule has 2 N–H and O–H groups in total. The Bertz CT molecular complexity index is 573. The van der Waals surface area contributed by atoms with E-state index < -0.39 is 0 Å². The number of hydrogen-bond acceptors (Lipinski definition) is 3. The van der Waals surface area contributed by atoms with Gasteiger partial charge < -0.3 is 15.5 Å². The Balaban J connectivity index is 0.00000625.